The highest BCUT2D eigenvalue weighted by atomic mass is 35.5. The van der Waals surface area contributed by atoms with E-state index in [0.717, 1.165) is 43.9 Å². The lowest BCUT2D eigenvalue weighted by atomic mass is 10.2. The predicted molar refractivity (Wildman–Crippen MR) is 63.1 cm³/mol. The van der Waals surface area contributed by atoms with Crippen LogP contribution in [0.4, 0.5) is 0 Å². The minimum absolute atomic E-state index is 0.225. The largest absolute Gasteiger partial charge is 0.355 e. The number of carbonyl (C=O) groups excluding carboxylic acids is 1. The molecule has 1 rings (SSSR count). The number of hydrogen-bond donors (Lipinski definition) is 1. The summed E-state index contributed by atoms with van der Waals surface area (Å²) in [6.07, 6.45) is 5.46. The first-order valence-corrected chi connectivity index (χ1v) is 6.88. The van der Waals surface area contributed by atoms with Gasteiger partial charge in [0.15, 0.2) is 0 Å². The predicted octanol–water partition coefficient (Wildman–Crippen LogP) is 2.41. The molecule has 0 aromatic rings. The van der Waals surface area contributed by atoms with Gasteiger partial charge < -0.3 is 5.32 Å². The van der Waals surface area contributed by atoms with E-state index in [1.54, 1.807) is 11.8 Å². The molecule has 1 saturated heterocycles. The molecule has 1 N–H and O–H groups in total. The number of unbranched alkanes of at least 4 members (excludes halogenated alkanes) is 2. The minimum Gasteiger partial charge on any atom is -0.355 e. The molecule has 0 radical (unpaired) electrons. The van der Waals surface area contributed by atoms with E-state index in [1.165, 1.54) is 6.42 Å². The summed E-state index contributed by atoms with van der Waals surface area (Å²) in [5.74, 6) is 2.11. The van der Waals surface area contributed by atoms with E-state index in [9.17, 15) is 4.79 Å². The molecule has 14 heavy (non-hydrogen) atoms. The molecular weight excluding hydrogens is 218 g/mol. The molecule has 1 aliphatic heterocycles. The summed E-state index contributed by atoms with van der Waals surface area (Å²) in [4.78, 5) is 11.5. The van der Waals surface area contributed by atoms with Gasteiger partial charge in [0.2, 0.25) is 5.91 Å². The van der Waals surface area contributed by atoms with Crippen LogP contribution in [0.1, 0.15) is 32.1 Å². The van der Waals surface area contributed by atoms with Crippen molar-refractivity contribution in [1.82, 2.24) is 5.32 Å². The lowest BCUT2D eigenvalue weighted by Gasteiger charge is -2.09. The molecule has 0 saturated carbocycles. The molecule has 1 fully saturated rings. The molecule has 82 valence electrons. The number of hydrogen-bond acceptors (Lipinski definition) is 2. The van der Waals surface area contributed by atoms with Crippen LogP contribution in [0.25, 0.3) is 0 Å². The summed E-state index contributed by atoms with van der Waals surface area (Å²) >= 11 is 7.34. The van der Waals surface area contributed by atoms with E-state index >= 15 is 0 Å². The van der Waals surface area contributed by atoms with Crippen LogP contribution in [0.2, 0.25) is 0 Å². The van der Waals surface area contributed by atoms with Crippen molar-refractivity contribution in [2.75, 3.05) is 18.2 Å². The van der Waals surface area contributed by atoms with Crippen LogP contribution >= 0.6 is 23.4 Å². The van der Waals surface area contributed by atoms with Crippen LogP contribution in [0.3, 0.4) is 0 Å². The fourth-order valence-corrected chi connectivity index (χ4v) is 2.88. The Kier molecular flexibility index (Phi) is 6.45. The summed E-state index contributed by atoms with van der Waals surface area (Å²) in [5, 5.41) is 3.21. The second-order valence-corrected chi connectivity index (χ2v) is 5.23. The number of amides is 1. The monoisotopic (exact) mass is 235 g/mol. The number of halogens is 1. The third kappa shape index (κ3) is 4.56. The Morgan fingerprint density at radius 2 is 2.29 bits per heavy atom. The van der Waals surface area contributed by atoms with Crippen molar-refractivity contribution >= 4 is 29.3 Å². The smallest absolute Gasteiger partial charge is 0.233 e. The van der Waals surface area contributed by atoms with Crippen LogP contribution < -0.4 is 5.32 Å². The van der Waals surface area contributed by atoms with Gasteiger partial charge in [0.25, 0.3) is 0 Å². The van der Waals surface area contributed by atoms with Gasteiger partial charge in [-0.2, -0.15) is 0 Å². The third-order valence-electron chi connectivity index (χ3n) is 2.33. The Labute approximate surface area is 95.2 Å². The molecule has 0 aliphatic carbocycles. The van der Waals surface area contributed by atoms with Crippen molar-refractivity contribution in [2.24, 2.45) is 0 Å². The van der Waals surface area contributed by atoms with E-state index < -0.39 is 0 Å². The van der Waals surface area contributed by atoms with Gasteiger partial charge in [-0.3, -0.25) is 4.79 Å². The number of thioether (sulfide) groups is 1. The second-order valence-electron chi connectivity index (χ2n) is 3.54. The highest BCUT2D eigenvalue weighted by Crippen LogP contribution is 2.25. The molecule has 1 unspecified atom stereocenters. The summed E-state index contributed by atoms with van der Waals surface area (Å²) in [6, 6.07) is 0. The molecule has 2 nitrogen and oxygen atoms in total. The van der Waals surface area contributed by atoms with E-state index in [-0.39, 0.29) is 11.2 Å². The summed E-state index contributed by atoms with van der Waals surface area (Å²) in [5.41, 5.74) is 0. The van der Waals surface area contributed by atoms with E-state index in [4.69, 9.17) is 11.6 Å². The third-order valence-corrected chi connectivity index (χ3v) is 3.98. The Balaban J connectivity index is 1.97. The Morgan fingerprint density at radius 1 is 1.43 bits per heavy atom. The van der Waals surface area contributed by atoms with Gasteiger partial charge >= 0.3 is 0 Å². The second kappa shape index (κ2) is 7.41. The molecule has 1 amide bonds. The molecule has 0 aromatic carbocycles. The average Bonchev–Trinajstić information content (AvgIpc) is 2.70. The first kappa shape index (κ1) is 12.2. The van der Waals surface area contributed by atoms with Crippen LogP contribution in [-0.2, 0) is 4.79 Å². The number of nitrogens with one attached hydrogen (secondary N) is 1. The quantitative estimate of drug-likeness (QED) is 0.566. The zero-order valence-corrected chi connectivity index (χ0v) is 10.0. The first-order valence-electron chi connectivity index (χ1n) is 5.30. The number of alkyl halides is 1. The molecular formula is C10H18ClNOS. The maximum absolute atomic E-state index is 11.5. The van der Waals surface area contributed by atoms with Gasteiger partial charge in [-0.05, 0) is 31.4 Å². The molecule has 1 heterocycles. The van der Waals surface area contributed by atoms with Crippen molar-refractivity contribution in [3.63, 3.8) is 0 Å². The first-order chi connectivity index (χ1) is 6.84. The maximum atomic E-state index is 11.5. The normalized spacial score (nSPS) is 21.1. The summed E-state index contributed by atoms with van der Waals surface area (Å²) in [7, 11) is 0. The molecule has 0 bridgehead atoms. The van der Waals surface area contributed by atoms with Gasteiger partial charge in [-0.25, -0.2) is 0 Å². The summed E-state index contributed by atoms with van der Waals surface area (Å²) in [6.45, 7) is 0.812. The van der Waals surface area contributed by atoms with Crippen molar-refractivity contribution in [1.29, 1.82) is 0 Å². The zero-order chi connectivity index (χ0) is 10.2. The maximum Gasteiger partial charge on any atom is 0.233 e. The SMILES string of the molecule is O=C(NCCCCCCl)C1CCCS1. The molecule has 0 aromatic heterocycles. The Hall–Kier alpha value is 0.110. The number of carbonyl (C=O) groups is 1. The van der Waals surface area contributed by atoms with Crippen LogP contribution in [0, 0.1) is 0 Å². The average molecular weight is 236 g/mol. The van der Waals surface area contributed by atoms with Crippen molar-refractivity contribution in [3.05, 3.63) is 0 Å². The molecule has 4 heteroatoms. The highest BCUT2D eigenvalue weighted by Gasteiger charge is 2.22. The zero-order valence-electron chi connectivity index (χ0n) is 8.43. The van der Waals surface area contributed by atoms with Gasteiger partial charge in [0, 0.05) is 12.4 Å². The van der Waals surface area contributed by atoms with Crippen molar-refractivity contribution in [3.8, 4) is 0 Å². The van der Waals surface area contributed by atoms with E-state index in [2.05, 4.69) is 5.32 Å². The lowest BCUT2D eigenvalue weighted by molar-refractivity contribution is -0.120. The van der Waals surface area contributed by atoms with E-state index in [1.807, 2.05) is 0 Å². The highest BCUT2D eigenvalue weighted by molar-refractivity contribution is 8.00. The van der Waals surface area contributed by atoms with Crippen molar-refractivity contribution in [2.45, 2.75) is 37.4 Å². The fourth-order valence-electron chi connectivity index (χ4n) is 1.51. The fraction of sp³-hybridized carbons (Fsp3) is 0.900. The van der Waals surface area contributed by atoms with Crippen LogP contribution in [0.5, 0.6) is 0 Å². The molecule has 0 spiro atoms. The summed E-state index contributed by atoms with van der Waals surface area (Å²) < 4.78 is 0. The van der Waals surface area contributed by atoms with Gasteiger partial charge in [-0.15, -0.1) is 23.4 Å². The molecule has 1 atom stereocenters. The Bertz CT molecular complexity index is 172. The van der Waals surface area contributed by atoms with E-state index in [0.29, 0.717) is 0 Å². The van der Waals surface area contributed by atoms with Crippen molar-refractivity contribution < 1.29 is 4.79 Å². The van der Waals surface area contributed by atoms with Crippen LogP contribution in [-0.4, -0.2) is 29.3 Å². The Morgan fingerprint density at radius 3 is 2.93 bits per heavy atom. The lowest BCUT2D eigenvalue weighted by Crippen LogP contribution is -2.31. The topological polar surface area (TPSA) is 29.1 Å². The molecule has 1 aliphatic rings. The van der Waals surface area contributed by atoms with Crippen LogP contribution in [0.15, 0.2) is 0 Å². The van der Waals surface area contributed by atoms with Gasteiger partial charge in [0.05, 0.1) is 5.25 Å². The number of rotatable bonds is 6. The van der Waals surface area contributed by atoms with Gasteiger partial charge in [-0.1, -0.05) is 6.42 Å². The van der Waals surface area contributed by atoms with Gasteiger partial charge in [0.1, 0.15) is 0 Å². The minimum atomic E-state index is 0.225. The standard InChI is InChI=1S/C10H18ClNOS/c11-6-2-1-3-7-12-10(13)9-5-4-8-14-9/h9H,1-8H2,(H,12,13).